The fraction of sp³-hybridized carbons (Fsp3) is 0.250. The average molecular weight is 327 g/mol. The third kappa shape index (κ3) is 3.27. The Labute approximate surface area is 138 Å². The third-order valence-electron chi connectivity index (χ3n) is 3.29. The summed E-state index contributed by atoms with van der Waals surface area (Å²) in [5.74, 6) is 0.718. The van der Waals surface area contributed by atoms with E-state index >= 15 is 0 Å². The van der Waals surface area contributed by atoms with Gasteiger partial charge in [-0.1, -0.05) is 5.10 Å². The Bertz CT molecular complexity index is 851. The maximum Gasteiger partial charge on any atom is 0.322 e. The normalized spacial score (nSPS) is 10.6. The number of anilines is 1. The lowest BCUT2D eigenvalue weighted by Gasteiger charge is -2.02. The second-order valence-corrected chi connectivity index (χ2v) is 5.12. The molecule has 8 nitrogen and oxygen atoms in total. The van der Waals surface area contributed by atoms with Crippen LogP contribution in [-0.2, 0) is 7.05 Å². The smallest absolute Gasteiger partial charge is 0.322 e. The molecule has 2 aromatic heterocycles. The van der Waals surface area contributed by atoms with Gasteiger partial charge in [0.05, 0.1) is 12.3 Å². The van der Waals surface area contributed by atoms with Crippen molar-refractivity contribution in [2.45, 2.75) is 13.8 Å². The van der Waals surface area contributed by atoms with Gasteiger partial charge in [0.2, 0.25) is 5.89 Å². The van der Waals surface area contributed by atoms with Crippen LogP contribution in [0.4, 0.5) is 6.01 Å². The fourth-order valence-corrected chi connectivity index (χ4v) is 2.24. The molecule has 0 fully saturated rings. The van der Waals surface area contributed by atoms with Gasteiger partial charge in [-0.15, -0.1) is 5.10 Å². The van der Waals surface area contributed by atoms with E-state index in [-0.39, 0.29) is 11.9 Å². The molecule has 1 N–H and O–H groups in total. The van der Waals surface area contributed by atoms with Gasteiger partial charge in [0.25, 0.3) is 5.91 Å². The summed E-state index contributed by atoms with van der Waals surface area (Å²) in [6.45, 7) is 4.34. The number of aromatic nitrogens is 4. The van der Waals surface area contributed by atoms with Gasteiger partial charge in [-0.3, -0.25) is 14.8 Å². The molecular formula is C16H17N5O3. The summed E-state index contributed by atoms with van der Waals surface area (Å²) in [5, 5.41) is 14.5. The highest BCUT2D eigenvalue weighted by Crippen LogP contribution is 2.22. The number of aryl methyl sites for hydroxylation is 2. The summed E-state index contributed by atoms with van der Waals surface area (Å²) in [6.07, 6.45) is 0. The van der Waals surface area contributed by atoms with E-state index in [9.17, 15) is 4.79 Å². The monoisotopic (exact) mass is 327 g/mol. The molecule has 3 rings (SSSR count). The van der Waals surface area contributed by atoms with Crippen molar-refractivity contribution in [1.29, 1.82) is 0 Å². The number of benzene rings is 1. The highest BCUT2D eigenvalue weighted by atomic mass is 16.5. The lowest BCUT2D eigenvalue weighted by molar-refractivity contribution is 0.101. The molecule has 124 valence electrons. The molecule has 0 aliphatic heterocycles. The molecule has 3 aromatic rings. The Morgan fingerprint density at radius 3 is 2.67 bits per heavy atom. The van der Waals surface area contributed by atoms with Crippen LogP contribution in [0, 0.1) is 6.92 Å². The fourth-order valence-electron chi connectivity index (χ4n) is 2.24. The van der Waals surface area contributed by atoms with E-state index in [1.54, 1.807) is 13.1 Å². The third-order valence-corrected chi connectivity index (χ3v) is 3.29. The zero-order valence-corrected chi connectivity index (χ0v) is 13.6. The number of hydrogen-bond acceptors (Lipinski definition) is 6. The molecule has 0 saturated heterocycles. The minimum Gasteiger partial charge on any atom is -0.494 e. The molecular weight excluding hydrogens is 310 g/mol. The number of hydrogen-bond donors (Lipinski definition) is 1. The molecule has 1 amide bonds. The number of carbonyl (C=O) groups is 1. The highest BCUT2D eigenvalue weighted by molar-refractivity contribution is 6.01. The standard InChI is InChI=1S/C16H17N5O3/c1-4-23-12-7-5-11(6-8-12)15-18-19-16(24-15)17-14(22)13-9-10(2)20-21(13)3/h5-9H,4H2,1-3H3,(H,17,19,22). The lowest BCUT2D eigenvalue weighted by Crippen LogP contribution is -2.16. The van der Waals surface area contributed by atoms with Crippen LogP contribution in [0.25, 0.3) is 11.5 Å². The lowest BCUT2D eigenvalue weighted by atomic mass is 10.2. The van der Waals surface area contributed by atoms with E-state index in [1.807, 2.05) is 38.1 Å². The molecule has 0 aliphatic rings. The quantitative estimate of drug-likeness (QED) is 0.773. The van der Waals surface area contributed by atoms with Crippen molar-refractivity contribution in [3.05, 3.63) is 41.7 Å². The van der Waals surface area contributed by atoms with Crippen molar-refractivity contribution >= 4 is 11.9 Å². The molecule has 0 atom stereocenters. The van der Waals surface area contributed by atoms with Crippen LogP contribution < -0.4 is 10.1 Å². The number of rotatable bonds is 5. The molecule has 24 heavy (non-hydrogen) atoms. The van der Waals surface area contributed by atoms with Crippen molar-refractivity contribution in [1.82, 2.24) is 20.0 Å². The van der Waals surface area contributed by atoms with Gasteiger partial charge < -0.3 is 9.15 Å². The SMILES string of the molecule is CCOc1ccc(-c2nnc(NC(=O)c3cc(C)nn3C)o2)cc1. The molecule has 8 heteroatoms. The summed E-state index contributed by atoms with van der Waals surface area (Å²) < 4.78 is 12.4. The first-order valence-corrected chi connectivity index (χ1v) is 7.45. The van der Waals surface area contributed by atoms with Gasteiger partial charge >= 0.3 is 6.01 Å². The van der Waals surface area contributed by atoms with Gasteiger partial charge in [-0.25, -0.2) is 0 Å². The van der Waals surface area contributed by atoms with Crippen LogP contribution in [0.15, 0.2) is 34.7 Å². The number of ether oxygens (including phenoxy) is 1. The molecule has 0 spiro atoms. The van der Waals surface area contributed by atoms with Crippen molar-refractivity contribution in [3.8, 4) is 17.2 Å². The molecule has 0 unspecified atom stereocenters. The highest BCUT2D eigenvalue weighted by Gasteiger charge is 2.16. The number of amides is 1. The zero-order valence-electron chi connectivity index (χ0n) is 13.6. The van der Waals surface area contributed by atoms with Gasteiger partial charge in [0.15, 0.2) is 0 Å². The van der Waals surface area contributed by atoms with Crippen LogP contribution in [-0.4, -0.2) is 32.5 Å². The molecule has 0 radical (unpaired) electrons. The molecule has 2 heterocycles. The van der Waals surface area contributed by atoms with Gasteiger partial charge in [0, 0.05) is 12.6 Å². The molecule has 0 saturated carbocycles. The second kappa shape index (κ2) is 6.53. The molecule has 0 aliphatic carbocycles. The van der Waals surface area contributed by atoms with E-state index in [0.717, 1.165) is 17.0 Å². The first-order chi connectivity index (χ1) is 11.6. The number of nitrogens with one attached hydrogen (secondary N) is 1. The average Bonchev–Trinajstić information content (AvgIpc) is 3.15. The Kier molecular flexibility index (Phi) is 4.28. The molecule has 0 bridgehead atoms. The minimum atomic E-state index is -0.361. The summed E-state index contributed by atoms with van der Waals surface area (Å²) in [5.41, 5.74) is 1.90. The van der Waals surface area contributed by atoms with Gasteiger partial charge in [-0.2, -0.15) is 5.10 Å². The summed E-state index contributed by atoms with van der Waals surface area (Å²) in [7, 11) is 1.70. The Hall–Kier alpha value is -3.16. The number of nitrogens with zero attached hydrogens (tertiary/aromatic N) is 4. The van der Waals surface area contributed by atoms with Crippen LogP contribution in [0.2, 0.25) is 0 Å². The van der Waals surface area contributed by atoms with Crippen molar-refractivity contribution < 1.29 is 13.9 Å². The van der Waals surface area contributed by atoms with Gasteiger partial charge in [-0.05, 0) is 44.2 Å². The predicted molar refractivity (Wildman–Crippen MR) is 86.8 cm³/mol. The summed E-state index contributed by atoms with van der Waals surface area (Å²) in [4.78, 5) is 12.2. The maximum atomic E-state index is 12.2. The van der Waals surface area contributed by atoms with E-state index in [4.69, 9.17) is 9.15 Å². The van der Waals surface area contributed by atoms with Gasteiger partial charge in [0.1, 0.15) is 11.4 Å². The Morgan fingerprint density at radius 2 is 2.04 bits per heavy atom. The van der Waals surface area contributed by atoms with E-state index in [2.05, 4.69) is 20.6 Å². The largest absolute Gasteiger partial charge is 0.494 e. The first-order valence-electron chi connectivity index (χ1n) is 7.45. The summed E-state index contributed by atoms with van der Waals surface area (Å²) in [6, 6.07) is 8.98. The molecule has 1 aromatic carbocycles. The van der Waals surface area contributed by atoms with Crippen molar-refractivity contribution in [2.75, 3.05) is 11.9 Å². The van der Waals surface area contributed by atoms with E-state index < -0.39 is 0 Å². The van der Waals surface area contributed by atoms with E-state index in [1.165, 1.54) is 4.68 Å². The van der Waals surface area contributed by atoms with Crippen LogP contribution >= 0.6 is 0 Å². The van der Waals surface area contributed by atoms with E-state index in [0.29, 0.717) is 18.2 Å². The summed E-state index contributed by atoms with van der Waals surface area (Å²) >= 11 is 0. The maximum absolute atomic E-state index is 12.2. The zero-order chi connectivity index (χ0) is 17.1. The predicted octanol–water partition coefficient (Wildman–Crippen LogP) is 2.43. The topological polar surface area (TPSA) is 95.1 Å². The minimum absolute atomic E-state index is 0.0303. The van der Waals surface area contributed by atoms with Crippen LogP contribution in [0.1, 0.15) is 23.1 Å². The Morgan fingerprint density at radius 1 is 1.29 bits per heavy atom. The van der Waals surface area contributed by atoms with Crippen molar-refractivity contribution in [2.24, 2.45) is 7.05 Å². The van der Waals surface area contributed by atoms with Crippen LogP contribution in [0.3, 0.4) is 0 Å². The van der Waals surface area contributed by atoms with Crippen LogP contribution in [0.5, 0.6) is 5.75 Å². The number of carbonyl (C=O) groups excluding carboxylic acids is 1. The second-order valence-electron chi connectivity index (χ2n) is 5.12. The van der Waals surface area contributed by atoms with Crippen molar-refractivity contribution in [3.63, 3.8) is 0 Å². The Balaban J connectivity index is 1.73. The first kappa shape index (κ1) is 15.7.